The third-order valence-corrected chi connectivity index (χ3v) is 5.22. The fourth-order valence-electron chi connectivity index (χ4n) is 2.95. The van der Waals surface area contributed by atoms with Gasteiger partial charge in [-0.3, -0.25) is 9.58 Å². The van der Waals surface area contributed by atoms with Crippen LogP contribution < -0.4 is 5.32 Å². The number of aryl methyl sites for hydroxylation is 2. The highest BCUT2D eigenvalue weighted by Crippen LogP contribution is 2.25. The highest BCUT2D eigenvalue weighted by Gasteiger charge is 2.29. The Labute approximate surface area is 131 Å². The monoisotopic (exact) mass is 342 g/mol. The number of aromatic nitrogens is 2. The van der Waals surface area contributed by atoms with Gasteiger partial charge < -0.3 is 5.32 Å². The Balaban J connectivity index is 2.23. The van der Waals surface area contributed by atoms with Gasteiger partial charge in [-0.1, -0.05) is 0 Å². The van der Waals surface area contributed by atoms with Crippen LogP contribution in [0.4, 0.5) is 0 Å². The van der Waals surface area contributed by atoms with Crippen molar-refractivity contribution in [2.24, 2.45) is 0 Å². The number of rotatable bonds is 3. The van der Waals surface area contributed by atoms with E-state index < -0.39 is 0 Å². The van der Waals surface area contributed by atoms with E-state index in [-0.39, 0.29) is 5.54 Å². The SMILES string of the molecule is CCn1nc(C)c(Br)c1CN1CC(C)(C)NCCC1C. The van der Waals surface area contributed by atoms with Crippen LogP contribution in [0.5, 0.6) is 0 Å². The van der Waals surface area contributed by atoms with E-state index in [1.54, 1.807) is 0 Å². The van der Waals surface area contributed by atoms with E-state index in [1.807, 2.05) is 0 Å². The van der Waals surface area contributed by atoms with Gasteiger partial charge >= 0.3 is 0 Å². The zero-order chi connectivity index (χ0) is 14.9. The smallest absolute Gasteiger partial charge is 0.0739 e. The minimum atomic E-state index is 0.170. The van der Waals surface area contributed by atoms with Gasteiger partial charge in [-0.15, -0.1) is 0 Å². The van der Waals surface area contributed by atoms with Crippen molar-refractivity contribution in [2.45, 2.75) is 65.7 Å². The Bertz CT molecular complexity index is 467. The van der Waals surface area contributed by atoms with E-state index in [9.17, 15) is 0 Å². The molecule has 4 nitrogen and oxygen atoms in total. The molecule has 1 aliphatic heterocycles. The molecule has 0 bridgehead atoms. The molecule has 1 N–H and O–H groups in total. The number of hydrogen-bond acceptors (Lipinski definition) is 3. The first-order valence-corrected chi connectivity index (χ1v) is 8.34. The molecule has 1 atom stereocenters. The summed E-state index contributed by atoms with van der Waals surface area (Å²) in [6, 6.07) is 0.594. The van der Waals surface area contributed by atoms with E-state index >= 15 is 0 Å². The number of nitrogens with zero attached hydrogens (tertiary/aromatic N) is 3. The van der Waals surface area contributed by atoms with Crippen LogP contribution in [-0.4, -0.2) is 39.4 Å². The van der Waals surface area contributed by atoms with Gasteiger partial charge in [0.2, 0.25) is 0 Å². The number of nitrogens with one attached hydrogen (secondary N) is 1. The Morgan fingerprint density at radius 3 is 2.80 bits per heavy atom. The van der Waals surface area contributed by atoms with E-state index in [2.05, 4.69) is 70.5 Å². The summed E-state index contributed by atoms with van der Waals surface area (Å²) in [5, 5.41) is 8.25. The molecule has 1 fully saturated rings. The predicted molar refractivity (Wildman–Crippen MR) is 86.9 cm³/mol. The van der Waals surface area contributed by atoms with Gasteiger partial charge in [0.15, 0.2) is 0 Å². The second kappa shape index (κ2) is 6.16. The molecule has 1 unspecified atom stereocenters. The topological polar surface area (TPSA) is 33.1 Å². The summed E-state index contributed by atoms with van der Waals surface area (Å²) in [5.74, 6) is 0. The standard InChI is InChI=1S/C15H27BrN4/c1-6-20-13(14(16)12(3)18-20)9-19-10-15(4,5)17-8-7-11(19)2/h11,17H,6-10H2,1-5H3. The molecule has 1 aliphatic rings. The summed E-state index contributed by atoms with van der Waals surface area (Å²) in [6.45, 7) is 15.2. The molecule has 1 aromatic heterocycles. The van der Waals surface area contributed by atoms with Crippen LogP contribution in [-0.2, 0) is 13.1 Å². The summed E-state index contributed by atoms with van der Waals surface area (Å²) in [5.41, 5.74) is 2.56. The van der Waals surface area contributed by atoms with Crippen LogP contribution in [0.2, 0.25) is 0 Å². The molecule has 0 amide bonds. The van der Waals surface area contributed by atoms with E-state index in [4.69, 9.17) is 0 Å². The molecule has 0 aliphatic carbocycles. The first-order valence-electron chi connectivity index (χ1n) is 7.55. The fourth-order valence-corrected chi connectivity index (χ4v) is 3.36. The summed E-state index contributed by atoms with van der Waals surface area (Å²) in [6.07, 6.45) is 1.19. The summed E-state index contributed by atoms with van der Waals surface area (Å²) >= 11 is 3.71. The lowest BCUT2D eigenvalue weighted by atomic mass is 10.1. The van der Waals surface area contributed by atoms with Gasteiger partial charge in [-0.2, -0.15) is 5.10 Å². The zero-order valence-corrected chi connectivity index (χ0v) is 14.9. The van der Waals surface area contributed by atoms with Crippen molar-refractivity contribution in [2.75, 3.05) is 13.1 Å². The Kier molecular flexibility index (Phi) is 4.92. The maximum Gasteiger partial charge on any atom is 0.0739 e. The van der Waals surface area contributed by atoms with Crippen molar-refractivity contribution in [1.82, 2.24) is 20.0 Å². The summed E-state index contributed by atoms with van der Waals surface area (Å²) in [4.78, 5) is 2.58. The van der Waals surface area contributed by atoms with Gasteiger partial charge in [0.25, 0.3) is 0 Å². The molecule has 2 rings (SSSR count). The van der Waals surface area contributed by atoms with Crippen LogP contribution in [0.3, 0.4) is 0 Å². The number of hydrogen-bond donors (Lipinski definition) is 1. The Morgan fingerprint density at radius 2 is 2.15 bits per heavy atom. The van der Waals surface area contributed by atoms with Crippen molar-refractivity contribution >= 4 is 15.9 Å². The molecule has 1 aromatic rings. The molecule has 0 spiro atoms. The van der Waals surface area contributed by atoms with Crippen LogP contribution in [0.25, 0.3) is 0 Å². The van der Waals surface area contributed by atoms with Crippen molar-refractivity contribution in [3.05, 3.63) is 15.9 Å². The quantitative estimate of drug-likeness (QED) is 0.916. The summed E-state index contributed by atoms with van der Waals surface area (Å²) < 4.78 is 3.29. The molecule has 0 saturated carbocycles. The molecule has 0 radical (unpaired) electrons. The second-order valence-corrected chi connectivity index (χ2v) is 7.31. The first-order chi connectivity index (χ1) is 9.34. The zero-order valence-electron chi connectivity index (χ0n) is 13.3. The Hall–Kier alpha value is -0.390. The largest absolute Gasteiger partial charge is 0.310 e. The van der Waals surface area contributed by atoms with Gasteiger partial charge in [0.05, 0.1) is 15.9 Å². The molecule has 0 aromatic carbocycles. The average molecular weight is 343 g/mol. The van der Waals surface area contributed by atoms with Gasteiger partial charge in [0.1, 0.15) is 0 Å². The van der Waals surface area contributed by atoms with Gasteiger partial charge in [-0.05, 0) is 63.5 Å². The van der Waals surface area contributed by atoms with Crippen molar-refractivity contribution in [3.63, 3.8) is 0 Å². The summed E-state index contributed by atoms with van der Waals surface area (Å²) in [7, 11) is 0. The maximum atomic E-state index is 4.61. The lowest BCUT2D eigenvalue weighted by Gasteiger charge is -2.33. The second-order valence-electron chi connectivity index (χ2n) is 6.52. The molecule has 2 heterocycles. The van der Waals surface area contributed by atoms with Crippen molar-refractivity contribution in [1.29, 1.82) is 0 Å². The van der Waals surface area contributed by atoms with Crippen LogP contribution in [0.1, 0.15) is 45.5 Å². The third kappa shape index (κ3) is 3.43. The minimum Gasteiger partial charge on any atom is -0.310 e. The average Bonchev–Trinajstić information content (AvgIpc) is 2.56. The van der Waals surface area contributed by atoms with Gasteiger partial charge in [-0.25, -0.2) is 0 Å². The lowest BCUT2D eigenvalue weighted by molar-refractivity contribution is 0.168. The van der Waals surface area contributed by atoms with E-state index in [0.29, 0.717) is 6.04 Å². The molecule has 20 heavy (non-hydrogen) atoms. The van der Waals surface area contributed by atoms with E-state index in [0.717, 1.165) is 31.9 Å². The highest BCUT2D eigenvalue weighted by molar-refractivity contribution is 9.10. The highest BCUT2D eigenvalue weighted by atomic mass is 79.9. The normalized spacial score (nSPS) is 23.8. The minimum absolute atomic E-state index is 0.170. The maximum absolute atomic E-state index is 4.61. The first kappa shape index (κ1) is 16.0. The van der Waals surface area contributed by atoms with Crippen LogP contribution >= 0.6 is 15.9 Å². The molecular formula is C15H27BrN4. The number of halogens is 1. The van der Waals surface area contributed by atoms with E-state index in [1.165, 1.54) is 16.6 Å². The van der Waals surface area contributed by atoms with Crippen molar-refractivity contribution in [3.8, 4) is 0 Å². The van der Waals surface area contributed by atoms with Crippen LogP contribution in [0.15, 0.2) is 4.47 Å². The Morgan fingerprint density at radius 1 is 1.45 bits per heavy atom. The third-order valence-electron chi connectivity index (χ3n) is 4.19. The lowest BCUT2D eigenvalue weighted by Crippen LogP contribution is -2.47. The molecule has 1 saturated heterocycles. The molecule has 5 heteroatoms. The van der Waals surface area contributed by atoms with Crippen LogP contribution in [0, 0.1) is 6.92 Å². The fraction of sp³-hybridized carbons (Fsp3) is 0.800. The molecular weight excluding hydrogens is 316 g/mol. The molecule has 114 valence electrons. The van der Waals surface area contributed by atoms with Crippen molar-refractivity contribution < 1.29 is 0 Å². The predicted octanol–water partition coefficient (Wildman–Crippen LogP) is 2.94. The van der Waals surface area contributed by atoms with Gasteiger partial charge in [0, 0.05) is 31.2 Å².